The smallest absolute Gasteiger partial charge is 0.258 e. The molecular weight excluding hydrogens is 264 g/mol. The molecule has 2 aromatic carbocycles. The number of aromatic nitrogens is 1. The molecule has 0 atom stereocenters. The molecule has 0 fully saturated rings. The molecular formula is C17H12N2O2. The summed E-state index contributed by atoms with van der Waals surface area (Å²) in [5.41, 5.74) is 2.71. The molecule has 0 aliphatic rings. The van der Waals surface area contributed by atoms with Crippen LogP contribution < -0.4 is 0 Å². The molecule has 102 valence electrons. The first kappa shape index (κ1) is 13.0. The van der Waals surface area contributed by atoms with Gasteiger partial charge in [0, 0.05) is 17.0 Å². The van der Waals surface area contributed by atoms with E-state index in [9.17, 15) is 10.1 Å². The van der Waals surface area contributed by atoms with E-state index in [0.29, 0.717) is 11.3 Å². The molecule has 0 radical (unpaired) electrons. The van der Waals surface area contributed by atoms with Gasteiger partial charge in [0.15, 0.2) is 0 Å². The molecule has 0 aliphatic carbocycles. The van der Waals surface area contributed by atoms with Crippen LogP contribution in [0.3, 0.4) is 0 Å². The first-order chi connectivity index (χ1) is 10.2. The maximum Gasteiger partial charge on any atom is 0.278 e. The molecule has 4 heteroatoms. The summed E-state index contributed by atoms with van der Waals surface area (Å²) >= 11 is 0. The second kappa shape index (κ2) is 5.17. The Balaban J connectivity index is 2.34. The molecule has 0 amide bonds. The molecule has 4 nitrogen and oxygen atoms in total. The number of nitrogens with zero attached hydrogens (tertiary/aromatic N) is 2. The lowest BCUT2D eigenvalue weighted by molar-refractivity contribution is -0.384. The Labute approximate surface area is 121 Å². The molecule has 0 N–H and O–H groups in total. The van der Waals surface area contributed by atoms with Crippen molar-refractivity contribution < 1.29 is 4.92 Å². The topological polar surface area (TPSA) is 56.0 Å². The highest BCUT2D eigenvalue weighted by atomic mass is 16.6. The zero-order valence-electron chi connectivity index (χ0n) is 11.2. The molecule has 0 saturated carbocycles. The normalized spacial score (nSPS) is 10.5. The van der Waals surface area contributed by atoms with Crippen molar-refractivity contribution in [1.29, 1.82) is 0 Å². The summed E-state index contributed by atoms with van der Waals surface area (Å²) in [6.45, 7) is 3.79. The van der Waals surface area contributed by atoms with Gasteiger partial charge >= 0.3 is 0 Å². The van der Waals surface area contributed by atoms with Crippen molar-refractivity contribution in [3.8, 4) is 11.3 Å². The van der Waals surface area contributed by atoms with E-state index in [1.54, 1.807) is 24.3 Å². The minimum atomic E-state index is -0.390. The van der Waals surface area contributed by atoms with Gasteiger partial charge < -0.3 is 0 Å². The number of nitro groups is 1. The highest BCUT2D eigenvalue weighted by molar-refractivity contribution is 5.88. The van der Waals surface area contributed by atoms with Gasteiger partial charge in [-0.1, -0.05) is 43.0 Å². The fraction of sp³-hybridized carbons (Fsp3) is 0. The molecule has 0 saturated heterocycles. The minimum absolute atomic E-state index is 0.0448. The summed E-state index contributed by atoms with van der Waals surface area (Å²) in [5.74, 6) is 0. The van der Waals surface area contributed by atoms with Crippen LogP contribution >= 0.6 is 0 Å². The van der Waals surface area contributed by atoms with E-state index in [0.717, 1.165) is 16.5 Å². The van der Waals surface area contributed by atoms with Crippen LogP contribution in [-0.2, 0) is 0 Å². The van der Waals surface area contributed by atoms with Gasteiger partial charge in [-0.25, -0.2) is 4.98 Å². The first-order valence-electron chi connectivity index (χ1n) is 6.46. The molecule has 3 aromatic rings. The molecule has 0 unspecified atom stereocenters. The Kier molecular flexibility index (Phi) is 3.20. The fourth-order valence-electron chi connectivity index (χ4n) is 2.34. The Morgan fingerprint density at radius 2 is 1.81 bits per heavy atom. The third kappa shape index (κ3) is 2.27. The Hall–Kier alpha value is -3.01. The number of fused-ring (bicyclic) bond motifs is 1. The van der Waals surface area contributed by atoms with Crippen LogP contribution in [0.4, 0.5) is 5.69 Å². The van der Waals surface area contributed by atoms with Crippen molar-refractivity contribution in [2.24, 2.45) is 0 Å². The second-order valence-electron chi connectivity index (χ2n) is 4.60. The van der Waals surface area contributed by atoms with Gasteiger partial charge in [0.2, 0.25) is 0 Å². The Morgan fingerprint density at radius 1 is 1.10 bits per heavy atom. The molecule has 21 heavy (non-hydrogen) atoms. The van der Waals surface area contributed by atoms with E-state index in [2.05, 4.69) is 11.6 Å². The van der Waals surface area contributed by atoms with E-state index < -0.39 is 0 Å². The number of rotatable bonds is 3. The number of pyridine rings is 1. The zero-order valence-corrected chi connectivity index (χ0v) is 11.2. The number of benzene rings is 2. The van der Waals surface area contributed by atoms with Crippen molar-refractivity contribution >= 4 is 22.7 Å². The predicted octanol–water partition coefficient (Wildman–Crippen LogP) is 4.45. The SMILES string of the molecule is C=Cc1cc2ccccc2nc1-c1ccccc1[N+](=O)[O-]. The van der Waals surface area contributed by atoms with Crippen molar-refractivity contribution in [1.82, 2.24) is 4.98 Å². The van der Waals surface area contributed by atoms with Gasteiger partial charge in [-0.05, 0) is 18.2 Å². The number of para-hydroxylation sites is 2. The predicted molar refractivity (Wildman–Crippen MR) is 83.9 cm³/mol. The number of hydrogen-bond acceptors (Lipinski definition) is 3. The molecule has 0 aliphatic heterocycles. The number of hydrogen-bond donors (Lipinski definition) is 0. The third-order valence-corrected chi connectivity index (χ3v) is 3.33. The van der Waals surface area contributed by atoms with Gasteiger partial charge in [0.1, 0.15) is 0 Å². The highest BCUT2D eigenvalue weighted by Gasteiger charge is 2.17. The van der Waals surface area contributed by atoms with Gasteiger partial charge in [0.05, 0.1) is 21.7 Å². The quantitative estimate of drug-likeness (QED) is 0.524. The van der Waals surface area contributed by atoms with Crippen LogP contribution in [-0.4, -0.2) is 9.91 Å². The monoisotopic (exact) mass is 276 g/mol. The Morgan fingerprint density at radius 3 is 2.57 bits per heavy atom. The Bertz CT molecular complexity index is 856. The summed E-state index contributed by atoms with van der Waals surface area (Å²) in [7, 11) is 0. The average Bonchev–Trinajstić information content (AvgIpc) is 2.53. The third-order valence-electron chi connectivity index (χ3n) is 3.33. The lowest BCUT2D eigenvalue weighted by atomic mass is 10.0. The minimum Gasteiger partial charge on any atom is -0.258 e. The largest absolute Gasteiger partial charge is 0.278 e. The van der Waals surface area contributed by atoms with Crippen molar-refractivity contribution in [3.05, 3.63) is 76.9 Å². The summed E-state index contributed by atoms with van der Waals surface area (Å²) in [4.78, 5) is 15.4. The van der Waals surface area contributed by atoms with Crippen LogP contribution in [0.2, 0.25) is 0 Å². The zero-order chi connectivity index (χ0) is 14.8. The van der Waals surface area contributed by atoms with Crippen LogP contribution in [0, 0.1) is 10.1 Å². The van der Waals surface area contributed by atoms with Gasteiger partial charge in [-0.15, -0.1) is 0 Å². The van der Waals surface area contributed by atoms with E-state index in [1.807, 2.05) is 30.3 Å². The summed E-state index contributed by atoms with van der Waals surface area (Å²) in [6, 6.07) is 16.2. The lowest BCUT2D eigenvalue weighted by Crippen LogP contribution is -1.95. The molecule has 0 bridgehead atoms. The molecule has 1 heterocycles. The van der Waals surface area contributed by atoms with Gasteiger partial charge in [0.25, 0.3) is 5.69 Å². The van der Waals surface area contributed by atoms with Crippen LogP contribution in [0.15, 0.2) is 61.2 Å². The number of nitro benzene ring substituents is 1. The second-order valence-corrected chi connectivity index (χ2v) is 4.60. The van der Waals surface area contributed by atoms with E-state index in [4.69, 9.17) is 0 Å². The average molecular weight is 276 g/mol. The van der Waals surface area contributed by atoms with Gasteiger partial charge in [-0.2, -0.15) is 0 Å². The summed E-state index contributed by atoms with van der Waals surface area (Å²) in [6.07, 6.45) is 1.67. The van der Waals surface area contributed by atoms with Crippen LogP contribution in [0.5, 0.6) is 0 Å². The first-order valence-corrected chi connectivity index (χ1v) is 6.46. The molecule has 0 spiro atoms. The fourth-order valence-corrected chi connectivity index (χ4v) is 2.34. The standard InChI is InChI=1S/C17H12N2O2/c1-2-12-11-13-7-3-5-9-15(13)18-17(12)14-8-4-6-10-16(14)19(20)21/h2-11H,1H2. The van der Waals surface area contributed by atoms with E-state index >= 15 is 0 Å². The molecule has 1 aromatic heterocycles. The van der Waals surface area contributed by atoms with Crippen molar-refractivity contribution in [2.45, 2.75) is 0 Å². The van der Waals surface area contributed by atoms with E-state index in [-0.39, 0.29) is 10.6 Å². The lowest BCUT2D eigenvalue weighted by Gasteiger charge is -2.08. The summed E-state index contributed by atoms with van der Waals surface area (Å²) in [5, 5.41) is 12.2. The van der Waals surface area contributed by atoms with E-state index in [1.165, 1.54) is 6.07 Å². The van der Waals surface area contributed by atoms with Crippen molar-refractivity contribution in [3.63, 3.8) is 0 Å². The van der Waals surface area contributed by atoms with Gasteiger partial charge in [-0.3, -0.25) is 10.1 Å². The molecule has 3 rings (SSSR count). The maximum absolute atomic E-state index is 11.2. The van der Waals surface area contributed by atoms with Crippen LogP contribution in [0.1, 0.15) is 5.56 Å². The summed E-state index contributed by atoms with van der Waals surface area (Å²) < 4.78 is 0. The highest BCUT2D eigenvalue weighted by Crippen LogP contribution is 2.32. The van der Waals surface area contributed by atoms with Crippen LogP contribution in [0.25, 0.3) is 28.2 Å². The maximum atomic E-state index is 11.2. The van der Waals surface area contributed by atoms with Crippen molar-refractivity contribution in [2.75, 3.05) is 0 Å².